The van der Waals surface area contributed by atoms with Gasteiger partial charge < -0.3 is 68.2 Å². The van der Waals surface area contributed by atoms with Gasteiger partial charge in [0.2, 0.25) is 29.5 Å². The summed E-state index contributed by atoms with van der Waals surface area (Å²) < 4.78 is 5.61. The predicted molar refractivity (Wildman–Crippen MR) is 227 cm³/mol. The zero-order chi connectivity index (χ0) is 45.8. The van der Waals surface area contributed by atoms with Crippen LogP contribution in [-0.4, -0.2) is 138 Å². The fourth-order valence-corrected chi connectivity index (χ4v) is 5.99. The SMILES string of the molecule is CCCCCCCCCCCCCC(=O)N[C@H](COCC(C)C)C(=O)N[C@H](N)C(=O)NCC(=O)N(C)[C@H](C(=O)N[C@@H](N)C(=O)N[C@@H](CC(C)C)C(=O)NCB(O)O)C(C)O. The zero-order valence-electron chi connectivity index (χ0n) is 36.9. The van der Waals surface area contributed by atoms with Crippen LogP contribution in [-0.2, 0) is 38.3 Å². The Hall–Kier alpha value is -3.89. The largest absolute Gasteiger partial charge is 0.472 e. The van der Waals surface area contributed by atoms with Crippen LogP contribution in [0.15, 0.2) is 0 Å². The summed E-state index contributed by atoms with van der Waals surface area (Å²) in [6.07, 6.45) is 7.43. The van der Waals surface area contributed by atoms with Crippen LogP contribution >= 0.6 is 0 Å². The molecule has 0 aromatic rings. The molecule has 0 saturated carbocycles. The third-order valence-corrected chi connectivity index (χ3v) is 9.30. The van der Waals surface area contributed by atoms with E-state index in [-0.39, 0.29) is 37.2 Å². The highest BCUT2D eigenvalue weighted by Crippen LogP contribution is 2.12. The number of hydrogen-bond acceptors (Lipinski definition) is 13. The molecule has 0 heterocycles. The second kappa shape index (κ2) is 31.9. The van der Waals surface area contributed by atoms with Gasteiger partial charge in [-0.2, -0.15) is 0 Å². The number of carbonyl (C=O) groups excluding carboxylic acids is 7. The number of unbranched alkanes of at least 4 members (excludes halogenated alkanes) is 10. The van der Waals surface area contributed by atoms with Crippen molar-refractivity contribution in [2.75, 3.05) is 33.3 Å². The topological polar surface area (TPSA) is 317 Å². The normalized spacial score (nSPS) is 14.2. The van der Waals surface area contributed by atoms with Gasteiger partial charge in [-0.3, -0.25) is 33.6 Å². The number of aliphatic hydroxyl groups is 1. The second-order valence-electron chi connectivity index (χ2n) is 16.1. The quantitative estimate of drug-likeness (QED) is 0.0207. The number of nitrogens with one attached hydrogen (secondary N) is 6. The first-order chi connectivity index (χ1) is 28.2. The minimum Gasteiger partial charge on any atom is -0.426 e. The molecule has 13 N–H and O–H groups in total. The molecule has 20 nitrogen and oxygen atoms in total. The fourth-order valence-electron chi connectivity index (χ4n) is 5.99. The molecule has 0 aliphatic rings. The smallest absolute Gasteiger partial charge is 0.426 e. The molecule has 1 unspecified atom stereocenters. The Morgan fingerprint density at radius 1 is 0.633 bits per heavy atom. The predicted octanol–water partition coefficient (Wildman–Crippen LogP) is -1.37. The van der Waals surface area contributed by atoms with Crippen LogP contribution in [0.1, 0.15) is 125 Å². The first-order valence-electron chi connectivity index (χ1n) is 21.4. The molecular formula is C39H76BN9O11. The Kier molecular flexibility index (Phi) is 29.8. The van der Waals surface area contributed by atoms with E-state index in [0.29, 0.717) is 13.0 Å². The number of rotatable bonds is 33. The molecule has 346 valence electrons. The molecule has 21 heteroatoms. The molecular weight excluding hydrogens is 781 g/mol. The summed E-state index contributed by atoms with van der Waals surface area (Å²) in [5.41, 5.74) is 11.8. The molecule has 60 heavy (non-hydrogen) atoms. The number of likely N-dealkylation sites (N-methyl/N-ethyl adjacent to an activating group) is 1. The number of nitrogens with zero attached hydrogens (tertiary/aromatic N) is 1. The van der Waals surface area contributed by atoms with Crippen LogP contribution in [0.25, 0.3) is 0 Å². The lowest BCUT2D eigenvalue weighted by Gasteiger charge is -2.30. The number of nitrogens with two attached hydrogens (primary N) is 2. The molecule has 0 aliphatic carbocycles. The van der Waals surface area contributed by atoms with Gasteiger partial charge >= 0.3 is 7.12 Å². The minimum absolute atomic E-state index is 0.0796. The van der Waals surface area contributed by atoms with Gasteiger partial charge in [0.15, 0.2) is 12.3 Å². The highest BCUT2D eigenvalue weighted by atomic mass is 16.5. The lowest BCUT2D eigenvalue weighted by Crippen LogP contribution is -2.62. The summed E-state index contributed by atoms with van der Waals surface area (Å²) in [7, 11) is -0.654. The van der Waals surface area contributed by atoms with Crippen molar-refractivity contribution in [1.82, 2.24) is 36.8 Å². The maximum Gasteiger partial charge on any atom is 0.472 e. The van der Waals surface area contributed by atoms with Crippen LogP contribution in [0, 0.1) is 11.8 Å². The van der Waals surface area contributed by atoms with Crippen LogP contribution in [0.4, 0.5) is 0 Å². The Morgan fingerprint density at radius 2 is 1.17 bits per heavy atom. The lowest BCUT2D eigenvalue weighted by atomic mass is 9.92. The van der Waals surface area contributed by atoms with Gasteiger partial charge in [-0.05, 0) is 31.6 Å². The number of amides is 7. The monoisotopic (exact) mass is 858 g/mol. The third kappa shape index (κ3) is 25.7. The highest BCUT2D eigenvalue weighted by molar-refractivity contribution is 6.41. The van der Waals surface area contributed by atoms with Gasteiger partial charge in [-0.25, -0.2) is 0 Å². The van der Waals surface area contributed by atoms with Crippen molar-refractivity contribution in [2.24, 2.45) is 23.3 Å². The van der Waals surface area contributed by atoms with Gasteiger partial charge in [0.05, 0.1) is 25.7 Å². The Bertz CT molecular complexity index is 1310. The maximum absolute atomic E-state index is 13.2. The average molecular weight is 858 g/mol. The molecule has 7 amide bonds. The van der Waals surface area contributed by atoms with E-state index in [0.717, 1.165) is 31.2 Å². The molecule has 0 rings (SSSR count). The van der Waals surface area contributed by atoms with Crippen LogP contribution in [0.3, 0.4) is 0 Å². The van der Waals surface area contributed by atoms with Crippen LogP contribution in [0.2, 0.25) is 0 Å². The van der Waals surface area contributed by atoms with E-state index < -0.39 is 92.1 Å². The number of ether oxygens (including phenoxy) is 1. The standard InChI is InChI=1S/C39H76BN9O11/c1-8-9-10-11-12-13-14-15-16-17-18-19-30(51)45-29(23-60-22-26(4)5)36(54)47-33(41)38(56)43-21-31(52)49(7)32(27(6)50)37(55)48-34(42)39(57)46-28(20-25(2)3)35(53)44-24-40(58)59/h25-29,32-34,50,58-59H,8-24,41-42H2,1-7H3,(H,43,56)(H,44,53)(H,45,51)(H,46,57)(H,47,54)(H,48,55)/t27?,28-,29+,32-,33-,34+/m0/s1. The summed E-state index contributed by atoms with van der Waals surface area (Å²) >= 11 is 0. The van der Waals surface area contributed by atoms with Crippen molar-refractivity contribution in [1.29, 1.82) is 0 Å². The molecule has 0 spiro atoms. The number of aliphatic hydroxyl groups excluding tert-OH is 1. The van der Waals surface area contributed by atoms with Gasteiger partial charge in [0.25, 0.3) is 11.8 Å². The van der Waals surface area contributed by atoms with Crippen molar-refractivity contribution in [3.05, 3.63) is 0 Å². The molecule has 0 aromatic carbocycles. The van der Waals surface area contributed by atoms with Crippen molar-refractivity contribution >= 4 is 48.5 Å². The van der Waals surface area contributed by atoms with Gasteiger partial charge in [-0.15, -0.1) is 0 Å². The second-order valence-corrected chi connectivity index (χ2v) is 16.1. The Morgan fingerprint density at radius 3 is 1.68 bits per heavy atom. The van der Waals surface area contributed by atoms with E-state index in [2.05, 4.69) is 38.8 Å². The fraction of sp³-hybridized carbons (Fsp3) is 0.821. The van der Waals surface area contributed by atoms with E-state index in [9.17, 15) is 38.7 Å². The van der Waals surface area contributed by atoms with Crippen LogP contribution in [0.5, 0.6) is 0 Å². The van der Waals surface area contributed by atoms with Crippen molar-refractivity contribution in [3.63, 3.8) is 0 Å². The average Bonchev–Trinajstić information content (AvgIpc) is 3.16. The maximum atomic E-state index is 13.2. The summed E-state index contributed by atoms with van der Waals surface area (Å²) in [6.45, 7) is 10.3. The summed E-state index contributed by atoms with van der Waals surface area (Å²) in [5.74, 6) is -5.61. The first-order valence-corrected chi connectivity index (χ1v) is 21.4. The first kappa shape index (κ1) is 56.1. The molecule has 0 saturated heterocycles. The molecule has 0 aliphatic heterocycles. The number of carbonyl (C=O) groups is 7. The summed E-state index contributed by atoms with van der Waals surface area (Å²) in [5, 5.41) is 42.6. The Balaban J connectivity index is 5.20. The van der Waals surface area contributed by atoms with Crippen molar-refractivity contribution in [3.8, 4) is 0 Å². The summed E-state index contributed by atoms with van der Waals surface area (Å²) in [4.78, 5) is 91.1. The molecule has 6 atom stereocenters. The van der Waals surface area contributed by atoms with Crippen LogP contribution < -0.4 is 43.4 Å². The van der Waals surface area contributed by atoms with Gasteiger partial charge in [0, 0.05) is 20.1 Å². The summed E-state index contributed by atoms with van der Waals surface area (Å²) in [6, 6.07) is -3.88. The van der Waals surface area contributed by atoms with E-state index >= 15 is 0 Å². The van der Waals surface area contributed by atoms with Crippen molar-refractivity contribution in [2.45, 2.75) is 162 Å². The molecule has 0 bridgehead atoms. The van der Waals surface area contributed by atoms with Crippen molar-refractivity contribution < 1.29 is 53.5 Å². The number of hydrogen-bond donors (Lipinski definition) is 11. The third-order valence-electron chi connectivity index (χ3n) is 9.30. The van der Waals surface area contributed by atoms with E-state index in [4.69, 9.17) is 26.3 Å². The minimum atomic E-state index is -1.82. The lowest BCUT2D eigenvalue weighted by molar-refractivity contribution is -0.144. The molecule has 0 radical (unpaired) electrons. The highest BCUT2D eigenvalue weighted by Gasteiger charge is 2.34. The van der Waals surface area contributed by atoms with E-state index in [1.165, 1.54) is 51.9 Å². The molecule has 0 aromatic heterocycles. The van der Waals surface area contributed by atoms with E-state index in [1.54, 1.807) is 13.8 Å². The zero-order valence-corrected chi connectivity index (χ0v) is 36.9. The van der Waals surface area contributed by atoms with Gasteiger partial charge in [-0.1, -0.05) is 98.8 Å². The molecule has 0 fully saturated rings. The van der Waals surface area contributed by atoms with E-state index in [1.807, 2.05) is 13.8 Å². The van der Waals surface area contributed by atoms with Gasteiger partial charge in [0.1, 0.15) is 18.1 Å². The Labute approximate surface area is 356 Å².